The number of nitrogens with zero attached hydrogens (tertiary/aromatic N) is 1. The van der Waals surface area contributed by atoms with E-state index in [9.17, 15) is 14.7 Å². The van der Waals surface area contributed by atoms with E-state index in [4.69, 9.17) is 0 Å². The molecule has 2 heterocycles. The summed E-state index contributed by atoms with van der Waals surface area (Å²) in [5.74, 6) is -1.06. The molecule has 1 aliphatic heterocycles. The van der Waals surface area contributed by atoms with Gasteiger partial charge in [-0.15, -0.1) is 0 Å². The number of carbonyl (C=O) groups is 2. The molecule has 0 saturated carbocycles. The highest BCUT2D eigenvalue weighted by atomic mass is 16.3. The summed E-state index contributed by atoms with van der Waals surface area (Å²) in [4.78, 5) is 28.7. The summed E-state index contributed by atoms with van der Waals surface area (Å²) in [5.41, 5.74) is 1.22. The number of hydrogen-bond acceptors (Lipinski definition) is 3. The van der Waals surface area contributed by atoms with E-state index in [0.29, 0.717) is 18.5 Å². The number of amides is 1. The molecule has 0 radical (unpaired) electrons. The summed E-state index contributed by atoms with van der Waals surface area (Å²) in [6, 6.07) is 7.37. The number of fused-ring (bicyclic) bond motifs is 1. The van der Waals surface area contributed by atoms with Crippen LogP contribution in [0.3, 0.4) is 0 Å². The highest BCUT2D eigenvalue weighted by Gasteiger charge is 2.30. The number of β-amino-alcohol motifs (C(OH)–C–C–N with tert-alkyl or cyclic N) is 1. The molecule has 1 unspecified atom stereocenters. The fraction of sp³-hybridized carbons (Fsp3) is 0.286. The summed E-state index contributed by atoms with van der Waals surface area (Å²) in [7, 11) is 0. The quantitative estimate of drug-likeness (QED) is 0.622. The van der Waals surface area contributed by atoms with Crippen LogP contribution < -0.4 is 0 Å². The van der Waals surface area contributed by atoms with Gasteiger partial charge in [0, 0.05) is 30.2 Å². The Bertz CT molecular complexity index is 647. The van der Waals surface area contributed by atoms with Crippen molar-refractivity contribution in [1.82, 2.24) is 9.88 Å². The zero-order valence-electron chi connectivity index (χ0n) is 10.3. The number of nitrogens with one attached hydrogen (secondary N) is 1. The van der Waals surface area contributed by atoms with Gasteiger partial charge in [0.05, 0.1) is 11.7 Å². The molecular weight excluding hydrogens is 244 g/mol. The number of rotatable bonds is 2. The third-order valence-corrected chi connectivity index (χ3v) is 3.48. The lowest BCUT2D eigenvalue weighted by molar-refractivity contribution is -0.125. The number of ketones is 1. The number of benzene rings is 1. The molecule has 5 nitrogen and oxygen atoms in total. The van der Waals surface area contributed by atoms with Crippen LogP contribution >= 0.6 is 0 Å². The lowest BCUT2D eigenvalue weighted by Gasteiger charge is -2.13. The summed E-state index contributed by atoms with van der Waals surface area (Å²) in [5, 5.41) is 10.2. The second-order valence-electron chi connectivity index (χ2n) is 4.77. The second-order valence-corrected chi connectivity index (χ2v) is 4.77. The van der Waals surface area contributed by atoms with Crippen molar-refractivity contribution in [3.63, 3.8) is 0 Å². The Morgan fingerprint density at radius 3 is 2.84 bits per heavy atom. The molecule has 1 aromatic carbocycles. The third-order valence-electron chi connectivity index (χ3n) is 3.48. The number of aliphatic hydroxyl groups is 1. The lowest BCUT2D eigenvalue weighted by Crippen LogP contribution is -2.35. The average molecular weight is 258 g/mol. The molecule has 19 heavy (non-hydrogen) atoms. The van der Waals surface area contributed by atoms with Gasteiger partial charge in [0.25, 0.3) is 11.7 Å². The van der Waals surface area contributed by atoms with Crippen molar-refractivity contribution in [3.8, 4) is 0 Å². The molecule has 3 rings (SSSR count). The van der Waals surface area contributed by atoms with Crippen LogP contribution in [0.5, 0.6) is 0 Å². The predicted octanol–water partition coefficient (Wildman–Crippen LogP) is 0.944. The van der Waals surface area contributed by atoms with Crippen LogP contribution in [0.4, 0.5) is 0 Å². The van der Waals surface area contributed by atoms with Crippen molar-refractivity contribution in [1.29, 1.82) is 0 Å². The minimum absolute atomic E-state index is 0.243. The number of hydrogen-bond donors (Lipinski definition) is 2. The normalized spacial score (nSPS) is 19.0. The van der Waals surface area contributed by atoms with Crippen LogP contribution in [-0.4, -0.2) is 45.9 Å². The van der Waals surface area contributed by atoms with Crippen LogP contribution in [-0.2, 0) is 4.79 Å². The van der Waals surface area contributed by atoms with Gasteiger partial charge in [-0.05, 0) is 12.5 Å². The molecule has 1 atom stereocenters. The van der Waals surface area contributed by atoms with Crippen molar-refractivity contribution in [2.24, 2.45) is 0 Å². The van der Waals surface area contributed by atoms with Gasteiger partial charge in [0.1, 0.15) is 0 Å². The molecule has 0 bridgehead atoms. The molecule has 98 valence electrons. The molecule has 2 aromatic rings. The maximum absolute atomic E-state index is 12.2. The van der Waals surface area contributed by atoms with Gasteiger partial charge >= 0.3 is 0 Å². The number of para-hydroxylation sites is 1. The Hall–Kier alpha value is -2.14. The van der Waals surface area contributed by atoms with E-state index >= 15 is 0 Å². The fourth-order valence-corrected chi connectivity index (χ4v) is 2.44. The van der Waals surface area contributed by atoms with Crippen molar-refractivity contribution < 1.29 is 14.7 Å². The van der Waals surface area contributed by atoms with Crippen molar-refractivity contribution in [3.05, 3.63) is 36.0 Å². The molecule has 5 heteroatoms. The van der Waals surface area contributed by atoms with Gasteiger partial charge in [-0.25, -0.2) is 0 Å². The Morgan fingerprint density at radius 1 is 1.32 bits per heavy atom. The van der Waals surface area contributed by atoms with E-state index in [0.717, 1.165) is 10.9 Å². The molecule has 1 aromatic heterocycles. The number of aliphatic hydroxyl groups excluding tert-OH is 1. The zero-order chi connectivity index (χ0) is 13.4. The number of H-pyrrole nitrogens is 1. The average Bonchev–Trinajstić information content (AvgIpc) is 3.03. The molecule has 1 fully saturated rings. The number of aromatic nitrogens is 1. The van der Waals surface area contributed by atoms with Crippen molar-refractivity contribution in [2.45, 2.75) is 12.5 Å². The monoisotopic (exact) mass is 258 g/mol. The SMILES string of the molecule is O=C(C(=O)N1CCC(O)C1)c1c[nH]c2ccccc12. The maximum atomic E-state index is 12.2. The molecule has 1 amide bonds. The molecule has 1 saturated heterocycles. The Kier molecular flexibility index (Phi) is 2.83. The van der Waals surface area contributed by atoms with Crippen molar-refractivity contribution >= 4 is 22.6 Å². The molecule has 1 aliphatic rings. The minimum atomic E-state index is -0.540. The van der Waals surface area contributed by atoms with Gasteiger partial charge in [-0.3, -0.25) is 9.59 Å². The third kappa shape index (κ3) is 2.02. The minimum Gasteiger partial charge on any atom is -0.391 e. The van der Waals surface area contributed by atoms with Crippen LogP contribution in [0.15, 0.2) is 30.5 Å². The summed E-state index contributed by atoms with van der Waals surface area (Å²) in [6.45, 7) is 0.682. The Morgan fingerprint density at radius 2 is 2.11 bits per heavy atom. The summed E-state index contributed by atoms with van der Waals surface area (Å²) >= 11 is 0. The summed E-state index contributed by atoms with van der Waals surface area (Å²) < 4.78 is 0. The highest BCUT2D eigenvalue weighted by molar-refractivity contribution is 6.44. The topological polar surface area (TPSA) is 73.4 Å². The smallest absolute Gasteiger partial charge is 0.295 e. The largest absolute Gasteiger partial charge is 0.391 e. The first kappa shape index (κ1) is 11.9. The van der Waals surface area contributed by atoms with E-state index in [2.05, 4.69) is 4.98 Å². The number of likely N-dealkylation sites (tertiary alicyclic amines) is 1. The van der Waals surface area contributed by atoms with Gasteiger partial charge in [-0.2, -0.15) is 0 Å². The van der Waals surface area contributed by atoms with Gasteiger partial charge in [0.15, 0.2) is 0 Å². The van der Waals surface area contributed by atoms with E-state index in [-0.39, 0.29) is 6.54 Å². The number of carbonyl (C=O) groups excluding carboxylic acids is 2. The van der Waals surface area contributed by atoms with Crippen LogP contribution in [0.25, 0.3) is 10.9 Å². The predicted molar refractivity (Wildman–Crippen MR) is 69.8 cm³/mol. The standard InChI is InChI=1S/C14H14N2O3/c17-9-5-6-16(8-9)14(19)13(18)11-7-15-12-4-2-1-3-10(11)12/h1-4,7,9,15,17H,5-6,8H2. The van der Waals surface area contributed by atoms with Gasteiger partial charge < -0.3 is 15.0 Å². The van der Waals surface area contributed by atoms with Gasteiger partial charge in [-0.1, -0.05) is 18.2 Å². The fourth-order valence-electron chi connectivity index (χ4n) is 2.44. The highest BCUT2D eigenvalue weighted by Crippen LogP contribution is 2.20. The Balaban J connectivity index is 1.89. The first-order chi connectivity index (χ1) is 9.16. The van der Waals surface area contributed by atoms with Crippen LogP contribution in [0.1, 0.15) is 16.8 Å². The number of Topliss-reactive ketones (excluding diaryl/α,β-unsaturated/α-hetero) is 1. The molecule has 0 spiro atoms. The summed E-state index contributed by atoms with van der Waals surface area (Å²) in [6.07, 6.45) is 1.59. The molecule has 2 N–H and O–H groups in total. The zero-order valence-corrected chi connectivity index (χ0v) is 10.3. The van der Waals surface area contributed by atoms with Crippen LogP contribution in [0, 0.1) is 0 Å². The number of aromatic amines is 1. The maximum Gasteiger partial charge on any atom is 0.295 e. The van der Waals surface area contributed by atoms with E-state index in [1.807, 2.05) is 24.3 Å². The van der Waals surface area contributed by atoms with Gasteiger partial charge in [0.2, 0.25) is 0 Å². The second kappa shape index (κ2) is 4.51. The first-order valence-corrected chi connectivity index (χ1v) is 6.24. The van der Waals surface area contributed by atoms with Crippen LogP contribution in [0.2, 0.25) is 0 Å². The first-order valence-electron chi connectivity index (χ1n) is 6.24. The van der Waals surface area contributed by atoms with E-state index in [1.165, 1.54) is 4.90 Å². The van der Waals surface area contributed by atoms with E-state index < -0.39 is 17.8 Å². The molecular formula is C14H14N2O3. The molecule has 0 aliphatic carbocycles. The van der Waals surface area contributed by atoms with E-state index in [1.54, 1.807) is 6.20 Å². The Labute approximate surface area is 109 Å². The van der Waals surface area contributed by atoms with Crippen molar-refractivity contribution in [2.75, 3.05) is 13.1 Å². The lowest BCUT2D eigenvalue weighted by atomic mass is 10.1.